The van der Waals surface area contributed by atoms with Gasteiger partial charge in [0.25, 0.3) is 0 Å². The van der Waals surface area contributed by atoms with E-state index in [4.69, 9.17) is 19.9 Å². The van der Waals surface area contributed by atoms with E-state index in [-0.39, 0.29) is 30.1 Å². The minimum Gasteiger partial charge on any atom is -0.417 e. The van der Waals surface area contributed by atoms with Crippen molar-refractivity contribution < 1.29 is 13.3 Å². The van der Waals surface area contributed by atoms with Gasteiger partial charge in [-0.3, -0.25) is 0 Å². The van der Waals surface area contributed by atoms with E-state index < -0.39 is 25.0 Å². The average molecular weight is 402 g/mol. The smallest absolute Gasteiger partial charge is 0.229 e. The van der Waals surface area contributed by atoms with E-state index in [2.05, 4.69) is 70.7 Å². The summed E-state index contributed by atoms with van der Waals surface area (Å²) in [6.07, 6.45) is 0.903. The summed E-state index contributed by atoms with van der Waals surface area (Å²) in [5.41, 5.74) is 0. The molecule has 0 aromatic carbocycles. The molecular weight excluding hydrogens is 362 g/mol. The van der Waals surface area contributed by atoms with Crippen LogP contribution in [0.5, 0.6) is 0 Å². The molecule has 1 aliphatic rings. The fraction of sp³-hybridized carbons (Fsp3) is 0.944. The normalized spacial score (nSPS) is 31.6. The van der Waals surface area contributed by atoms with Gasteiger partial charge in [-0.25, -0.2) is 6.57 Å². The van der Waals surface area contributed by atoms with Crippen molar-refractivity contribution in [2.45, 2.75) is 90.5 Å². The molecule has 0 heterocycles. The molecule has 146 valence electrons. The van der Waals surface area contributed by atoms with Gasteiger partial charge in [0.15, 0.2) is 25.0 Å². The van der Waals surface area contributed by atoms with Crippen LogP contribution in [0.3, 0.4) is 0 Å². The number of nitrogens with zero attached hydrogens (tertiary/aromatic N) is 1. The summed E-state index contributed by atoms with van der Waals surface area (Å²) in [5, 5.41) is 0. The van der Waals surface area contributed by atoms with Crippen LogP contribution in [0.4, 0.5) is 0 Å². The van der Waals surface area contributed by atoms with Crippen LogP contribution < -0.4 is 0 Å². The third kappa shape index (κ3) is 8.06. The highest BCUT2D eigenvalue weighted by molar-refractivity contribution is 6.70. The van der Waals surface area contributed by atoms with Crippen LogP contribution in [0, 0.1) is 18.4 Å². The zero-order valence-electron chi connectivity index (χ0n) is 18.0. The molecule has 0 saturated heterocycles. The van der Waals surface area contributed by atoms with Crippen molar-refractivity contribution in [1.82, 2.24) is 0 Å². The van der Waals surface area contributed by atoms with Crippen molar-refractivity contribution in [3.8, 4) is 0 Å². The molecule has 0 radical (unpaired) electrons. The molecule has 7 heteroatoms. The average Bonchev–Trinajstić information content (AvgIpc) is 2.38. The van der Waals surface area contributed by atoms with Crippen LogP contribution in [0.25, 0.3) is 4.85 Å². The molecule has 0 bridgehead atoms. The Morgan fingerprint density at radius 2 is 1.32 bits per heavy atom. The fourth-order valence-corrected chi connectivity index (χ4v) is 6.31. The van der Waals surface area contributed by atoms with Gasteiger partial charge in [0.1, 0.15) is 0 Å². The van der Waals surface area contributed by atoms with Crippen molar-refractivity contribution >= 4 is 25.0 Å². The zero-order valence-corrected chi connectivity index (χ0v) is 21.0. The lowest BCUT2D eigenvalue weighted by Crippen LogP contribution is -2.57. The quantitative estimate of drug-likeness (QED) is 0.433. The van der Waals surface area contributed by atoms with E-state index in [1.54, 1.807) is 0 Å². The first kappa shape index (κ1) is 23.1. The summed E-state index contributed by atoms with van der Waals surface area (Å²) in [6.45, 7) is 30.5. The molecule has 0 unspecified atom stereocenters. The molecule has 0 aromatic heterocycles. The van der Waals surface area contributed by atoms with Crippen LogP contribution in [0.15, 0.2) is 0 Å². The van der Waals surface area contributed by atoms with Crippen LogP contribution in [0.2, 0.25) is 58.9 Å². The molecule has 25 heavy (non-hydrogen) atoms. The van der Waals surface area contributed by atoms with E-state index >= 15 is 0 Å². The van der Waals surface area contributed by atoms with Gasteiger partial charge in [0, 0.05) is 18.9 Å². The maximum Gasteiger partial charge on any atom is 0.229 e. The van der Waals surface area contributed by atoms with Crippen molar-refractivity contribution in [2.75, 3.05) is 6.61 Å². The van der Waals surface area contributed by atoms with E-state index in [1.807, 2.05) is 0 Å². The Morgan fingerprint density at radius 1 is 0.840 bits per heavy atom. The third-order valence-corrected chi connectivity index (χ3v) is 7.32. The first-order valence-electron chi connectivity index (χ1n) is 9.49. The highest BCUT2D eigenvalue weighted by atomic mass is 28.4. The molecule has 5 atom stereocenters. The van der Waals surface area contributed by atoms with Crippen molar-refractivity contribution in [3.05, 3.63) is 11.4 Å². The highest BCUT2D eigenvalue weighted by Gasteiger charge is 2.49. The first-order chi connectivity index (χ1) is 11.1. The Labute approximate surface area is 158 Å². The van der Waals surface area contributed by atoms with Crippen LogP contribution in [-0.4, -0.2) is 49.8 Å². The molecule has 1 aliphatic carbocycles. The van der Waals surface area contributed by atoms with E-state index in [0.29, 0.717) is 6.61 Å². The Hall–Kier alpha value is 0.0206. The fourth-order valence-electron chi connectivity index (χ4n) is 3.29. The van der Waals surface area contributed by atoms with E-state index in [9.17, 15) is 0 Å². The summed E-state index contributed by atoms with van der Waals surface area (Å²) in [7, 11) is -5.06. The highest BCUT2D eigenvalue weighted by Crippen LogP contribution is 2.38. The second-order valence-corrected chi connectivity index (χ2v) is 23.8. The van der Waals surface area contributed by atoms with Gasteiger partial charge < -0.3 is 18.1 Å². The molecular formula is C18H39NO3Si3. The number of rotatable bonds is 7. The molecule has 1 fully saturated rings. The second-order valence-electron chi connectivity index (χ2n) is 10.4. The van der Waals surface area contributed by atoms with Crippen LogP contribution in [-0.2, 0) is 13.3 Å². The second kappa shape index (κ2) is 8.36. The lowest BCUT2D eigenvalue weighted by Gasteiger charge is -2.46. The molecule has 0 spiro atoms. The van der Waals surface area contributed by atoms with Crippen molar-refractivity contribution in [3.63, 3.8) is 0 Å². The van der Waals surface area contributed by atoms with Gasteiger partial charge in [-0.05, 0) is 58.9 Å². The van der Waals surface area contributed by atoms with Gasteiger partial charge in [0.2, 0.25) is 6.04 Å². The van der Waals surface area contributed by atoms with E-state index in [0.717, 1.165) is 6.42 Å². The van der Waals surface area contributed by atoms with Crippen LogP contribution >= 0.6 is 0 Å². The Kier molecular flexibility index (Phi) is 7.71. The molecule has 1 rings (SSSR count). The zero-order chi connectivity index (χ0) is 19.6. The maximum atomic E-state index is 7.66. The predicted octanol–water partition coefficient (Wildman–Crippen LogP) is 5.22. The van der Waals surface area contributed by atoms with Gasteiger partial charge in [-0.2, -0.15) is 0 Å². The van der Waals surface area contributed by atoms with Crippen molar-refractivity contribution in [2.24, 2.45) is 11.8 Å². The Bertz CT molecular complexity index is 474. The molecule has 0 aromatic rings. The molecule has 0 amide bonds. The summed E-state index contributed by atoms with van der Waals surface area (Å²) in [6, 6.07) is -0.00179. The van der Waals surface area contributed by atoms with E-state index in [1.165, 1.54) is 0 Å². The molecule has 4 nitrogen and oxygen atoms in total. The van der Waals surface area contributed by atoms with Gasteiger partial charge in [-0.15, -0.1) is 0 Å². The summed E-state index contributed by atoms with van der Waals surface area (Å²) in [5.74, 6) is 0.448. The largest absolute Gasteiger partial charge is 0.417 e. The monoisotopic (exact) mass is 401 g/mol. The summed E-state index contributed by atoms with van der Waals surface area (Å²) in [4.78, 5) is 3.93. The number of hydrogen-bond donors (Lipinski definition) is 0. The summed E-state index contributed by atoms with van der Waals surface area (Å²) >= 11 is 0. The van der Waals surface area contributed by atoms with Crippen molar-refractivity contribution in [1.29, 1.82) is 0 Å². The predicted molar refractivity (Wildman–Crippen MR) is 113 cm³/mol. The first-order valence-corrected chi connectivity index (χ1v) is 19.7. The van der Waals surface area contributed by atoms with Crippen LogP contribution in [0.1, 0.15) is 13.3 Å². The Balaban J connectivity index is 3.14. The number of hydrogen-bond acceptors (Lipinski definition) is 3. The molecule has 0 aliphatic heterocycles. The lowest BCUT2D eigenvalue weighted by molar-refractivity contribution is -0.0653. The summed E-state index contributed by atoms with van der Waals surface area (Å²) < 4.78 is 19.5. The van der Waals surface area contributed by atoms with Gasteiger partial charge in [-0.1, -0.05) is 6.92 Å². The van der Waals surface area contributed by atoms with Gasteiger partial charge >= 0.3 is 0 Å². The standard InChI is InChI=1S/C18H39NO3Si3/c1-14-16(19-2)12-15(13-20-23(3,4)5)18(22-25(9,10)11)17(14)21-24(6,7)8/h14-18H,12-13H2,1,3-11H3/t14-,15+,16-,17+,18+/m0/s1. The lowest BCUT2D eigenvalue weighted by atomic mass is 9.75. The maximum absolute atomic E-state index is 7.66. The SMILES string of the molecule is [C-]#[N+][C@H]1C[C@H](CO[Si](C)(C)C)[C@@H](O[Si](C)(C)C)[C@H](O[Si](C)(C)C)[C@H]1C. The third-order valence-electron chi connectivity index (χ3n) is 4.33. The minimum absolute atomic E-state index is 0.00137. The minimum atomic E-state index is -1.73. The van der Waals surface area contributed by atoms with Gasteiger partial charge in [0.05, 0.1) is 18.1 Å². The molecule has 1 saturated carbocycles. The molecule has 0 N–H and O–H groups in total. The topological polar surface area (TPSA) is 32.0 Å². The Morgan fingerprint density at radius 3 is 1.72 bits per heavy atom.